The zero-order chi connectivity index (χ0) is 31.4. The summed E-state index contributed by atoms with van der Waals surface area (Å²) in [6, 6.07) is 17.2. The first-order chi connectivity index (χ1) is 21.1. The van der Waals surface area contributed by atoms with E-state index in [0.29, 0.717) is 11.1 Å². The minimum atomic E-state index is -1.32. The molecule has 1 aliphatic rings. The Balaban J connectivity index is 1.55. The van der Waals surface area contributed by atoms with E-state index in [1.54, 1.807) is 24.3 Å². The van der Waals surface area contributed by atoms with E-state index in [1.165, 1.54) is 49.8 Å². The molecule has 3 aromatic carbocycles. The second kappa shape index (κ2) is 13.0. The van der Waals surface area contributed by atoms with Crippen molar-refractivity contribution >= 4 is 34.6 Å². The van der Waals surface area contributed by atoms with Crippen LogP contribution in [0.5, 0.6) is 0 Å². The molecule has 44 heavy (non-hydrogen) atoms. The summed E-state index contributed by atoms with van der Waals surface area (Å²) in [7, 11) is 0. The summed E-state index contributed by atoms with van der Waals surface area (Å²) in [6.07, 6.45) is -3.53. The van der Waals surface area contributed by atoms with Crippen LogP contribution in [0, 0.1) is 5.82 Å². The molecule has 12 nitrogen and oxygen atoms in total. The molecule has 0 radical (unpaired) electrons. The fraction of sp³-hybridized carbons (Fsp3) is 0.290. The van der Waals surface area contributed by atoms with E-state index in [4.69, 9.17) is 18.9 Å². The lowest BCUT2D eigenvalue weighted by molar-refractivity contribution is -0.232. The number of rotatable bonds is 8. The molecule has 1 saturated heterocycles. The third-order valence-electron chi connectivity index (χ3n) is 6.94. The molecular weight excluding hydrogens is 575 g/mol. The summed E-state index contributed by atoms with van der Waals surface area (Å²) in [4.78, 5) is 49.9. The van der Waals surface area contributed by atoms with Crippen molar-refractivity contribution < 1.29 is 42.5 Å². The quantitative estimate of drug-likeness (QED) is 0.234. The van der Waals surface area contributed by atoms with Gasteiger partial charge in [-0.2, -0.15) is 0 Å². The van der Waals surface area contributed by atoms with E-state index in [-0.39, 0.29) is 12.3 Å². The molecule has 0 aliphatic carbocycles. The topological polar surface area (TPSA) is 148 Å². The maximum atomic E-state index is 14.0. The van der Waals surface area contributed by atoms with Crippen LogP contribution in [-0.2, 0) is 33.3 Å². The number of hydrogen-bond acceptors (Lipinski definition) is 10. The maximum absolute atomic E-state index is 14.0. The zero-order valence-electron chi connectivity index (χ0n) is 24.0. The summed E-state index contributed by atoms with van der Waals surface area (Å²) in [5.41, 5.74) is 0.986. The number of hydrogen-bond donors (Lipinski definition) is 1. The summed E-state index contributed by atoms with van der Waals surface area (Å²) in [5.74, 6) is -3.09. The Kier molecular flexibility index (Phi) is 8.95. The number of esters is 3. The van der Waals surface area contributed by atoms with Gasteiger partial charge in [-0.05, 0) is 35.0 Å². The average Bonchev–Trinajstić information content (AvgIpc) is 3.47. The van der Waals surface area contributed by atoms with Crippen molar-refractivity contribution in [2.24, 2.45) is 0 Å². The molecule has 13 heteroatoms. The fourth-order valence-corrected chi connectivity index (χ4v) is 5.09. The van der Waals surface area contributed by atoms with Gasteiger partial charge in [0.25, 0.3) is 5.91 Å². The zero-order valence-corrected chi connectivity index (χ0v) is 24.0. The monoisotopic (exact) mass is 604 g/mol. The number of ether oxygens (including phenoxy) is 4. The number of carbonyl (C=O) groups is 4. The Bertz CT molecular complexity index is 1710. The van der Waals surface area contributed by atoms with Gasteiger partial charge < -0.3 is 24.3 Å². The van der Waals surface area contributed by atoms with Crippen LogP contribution in [0.2, 0.25) is 0 Å². The predicted octanol–water partition coefficient (Wildman–Crippen LogP) is 3.36. The van der Waals surface area contributed by atoms with E-state index < -0.39 is 60.2 Å². The summed E-state index contributed by atoms with van der Waals surface area (Å²) < 4.78 is 37.9. The number of nitrogens with zero attached hydrogens (tertiary/aromatic N) is 3. The van der Waals surface area contributed by atoms with Gasteiger partial charge in [-0.3, -0.25) is 19.2 Å². The van der Waals surface area contributed by atoms with Gasteiger partial charge in [0.1, 0.15) is 30.3 Å². The average molecular weight is 605 g/mol. The van der Waals surface area contributed by atoms with Crippen LogP contribution in [0.1, 0.15) is 37.2 Å². The van der Waals surface area contributed by atoms with E-state index in [9.17, 15) is 23.6 Å². The van der Waals surface area contributed by atoms with Crippen LogP contribution < -0.4 is 5.32 Å². The summed E-state index contributed by atoms with van der Waals surface area (Å²) >= 11 is 0. The van der Waals surface area contributed by atoms with Gasteiger partial charge in [0.05, 0.1) is 6.20 Å². The third kappa shape index (κ3) is 6.89. The first kappa shape index (κ1) is 30.3. The van der Waals surface area contributed by atoms with E-state index in [0.717, 1.165) is 10.8 Å². The first-order valence-corrected chi connectivity index (χ1v) is 13.7. The van der Waals surface area contributed by atoms with Crippen molar-refractivity contribution in [1.29, 1.82) is 0 Å². The predicted molar refractivity (Wildman–Crippen MR) is 152 cm³/mol. The van der Waals surface area contributed by atoms with Gasteiger partial charge in [-0.15, -0.1) is 5.10 Å². The highest BCUT2D eigenvalue weighted by atomic mass is 19.1. The number of fused-ring (bicyclic) bond motifs is 1. The lowest BCUT2D eigenvalue weighted by Gasteiger charge is -2.45. The SMILES string of the molecule is CC(=O)OCC1O[C@@H](NC(=O)c2ccc3ccccc3c2)C(OC(C)=O)C(n2cc(-c3cccc(F)c3)nn2)[C@H]1OC(C)=O. The molecule has 5 atom stereocenters. The molecule has 1 fully saturated rings. The van der Waals surface area contributed by atoms with Crippen LogP contribution in [0.25, 0.3) is 22.0 Å². The standard InChI is InChI=1S/C31H29FN4O8/c1-17(37)41-16-26-28(42-18(2)38)27(36-15-25(34-35-36)22-9-6-10-24(32)14-22)29(43-19(3)39)31(44-26)33-30(40)23-12-11-20-7-4-5-8-21(20)13-23/h4-15,26-29,31H,16H2,1-3H3,(H,33,40)/t26?,27?,28-,29?,31+/m0/s1. The molecule has 1 aromatic heterocycles. The molecule has 4 aromatic rings. The molecule has 0 bridgehead atoms. The molecule has 5 rings (SSSR count). The lowest BCUT2D eigenvalue weighted by atomic mass is 9.94. The van der Waals surface area contributed by atoms with Crippen molar-refractivity contribution in [3.8, 4) is 11.3 Å². The summed E-state index contributed by atoms with van der Waals surface area (Å²) in [5, 5.41) is 12.8. The van der Waals surface area contributed by atoms with Crippen molar-refractivity contribution in [1.82, 2.24) is 20.3 Å². The van der Waals surface area contributed by atoms with Crippen molar-refractivity contribution in [2.75, 3.05) is 6.61 Å². The highest BCUT2D eigenvalue weighted by molar-refractivity contribution is 5.98. The van der Waals surface area contributed by atoms with Crippen LogP contribution in [0.4, 0.5) is 4.39 Å². The molecule has 3 unspecified atom stereocenters. The highest BCUT2D eigenvalue weighted by Crippen LogP contribution is 2.35. The molecule has 1 amide bonds. The number of nitrogens with one attached hydrogen (secondary N) is 1. The Morgan fingerprint density at radius 3 is 2.32 bits per heavy atom. The number of halogens is 1. The maximum Gasteiger partial charge on any atom is 0.303 e. The second-order valence-corrected chi connectivity index (χ2v) is 10.2. The molecule has 0 spiro atoms. The molecule has 1 N–H and O–H groups in total. The Morgan fingerprint density at radius 1 is 0.886 bits per heavy atom. The number of benzene rings is 3. The van der Waals surface area contributed by atoms with Crippen molar-refractivity contribution in [3.63, 3.8) is 0 Å². The van der Waals surface area contributed by atoms with Crippen LogP contribution in [-0.4, -0.2) is 70.0 Å². The molecule has 1 aliphatic heterocycles. The highest BCUT2D eigenvalue weighted by Gasteiger charge is 2.52. The Hall–Kier alpha value is -5.17. The van der Waals surface area contributed by atoms with E-state index in [1.807, 2.05) is 24.3 Å². The van der Waals surface area contributed by atoms with Gasteiger partial charge in [0.15, 0.2) is 18.4 Å². The van der Waals surface area contributed by atoms with Crippen LogP contribution in [0.15, 0.2) is 72.9 Å². The van der Waals surface area contributed by atoms with Crippen molar-refractivity contribution in [2.45, 2.75) is 51.4 Å². The number of aromatic nitrogens is 3. The minimum Gasteiger partial charge on any atom is -0.463 e. The molecule has 0 saturated carbocycles. The Labute approximate surface area is 251 Å². The van der Waals surface area contributed by atoms with Gasteiger partial charge in [0, 0.05) is 31.9 Å². The first-order valence-electron chi connectivity index (χ1n) is 13.7. The molecule has 2 heterocycles. The lowest BCUT2D eigenvalue weighted by Crippen LogP contribution is -2.63. The van der Waals surface area contributed by atoms with Gasteiger partial charge in [-0.1, -0.05) is 47.7 Å². The Morgan fingerprint density at radius 2 is 1.61 bits per heavy atom. The minimum absolute atomic E-state index is 0.271. The van der Waals surface area contributed by atoms with Gasteiger partial charge in [0.2, 0.25) is 0 Å². The normalized spacial score (nSPS) is 21.3. The number of amides is 1. The third-order valence-corrected chi connectivity index (χ3v) is 6.94. The molecular formula is C31H29FN4O8. The summed E-state index contributed by atoms with van der Waals surface area (Å²) in [6.45, 7) is 3.17. The van der Waals surface area contributed by atoms with Crippen molar-refractivity contribution in [3.05, 3.63) is 84.3 Å². The van der Waals surface area contributed by atoms with Crippen LogP contribution >= 0.6 is 0 Å². The fourth-order valence-electron chi connectivity index (χ4n) is 5.09. The molecule has 228 valence electrons. The largest absolute Gasteiger partial charge is 0.463 e. The van der Waals surface area contributed by atoms with Gasteiger partial charge >= 0.3 is 17.9 Å². The number of carbonyl (C=O) groups excluding carboxylic acids is 4. The second-order valence-electron chi connectivity index (χ2n) is 10.2. The van der Waals surface area contributed by atoms with Crippen LogP contribution in [0.3, 0.4) is 0 Å². The van der Waals surface area contributed by atoms with E-state index >= 15 is 0 Å². The van der Waals surface area contributed by atoms with E-state index in [2.05, 4.69) is 15.6 Å². The van der Waals surface area contributed by atoms with Gasteiger partial charge in [-0.25, -0.2) is 9.07 Å². The smallest absolute Gasteiger partial charge is 0.303 e.